The van der Waals surface area contributed by atoms with Gasteiger partial charge in [-0.25, -0.2) is 0 Å². The van der Waals surface area contributed by atoms with Gasteiger partial charge in [-0.1, -0.05) is 0 Å². The lowest BCUT2D eigenvalue weighted by Crippen LogP contribution is -1.99. The molecule has 0 saturated heterocycles. The molecule has 0 fully saturated rings. The highest BCUT2D eigenvalue weighted by atomic mass is 16.7. The van der Waals surface area contributed by atoms with Gasteiger partial charge in [0.2, 0.25) is 12.5 Å². The number of methoxy groups -OCH3 is 2. The molecule has 6 heteroatoms. The number of aromatic hydroxyl groups is 1. The van der Waals surface area contributed by atoms with Crippen LogP contribution in [-0.2, 0) is 0 Å². The van der Waals surface area contributed by atoms with E-state index in [1.807, 2.05) is 12.1 Å². The Morgan fingerprint density at radius 2 is 1.54 bits per heavy atom. The van der Waals surface area contributed by atoms with E-state index >= 15 is 0 Å². The van der Waals surface area contributed by atoms with Crippen LogP contribution in [0.25, 0.3) is 0 Å². The zero-order valence-corrected chi connectivity index (χ0v) is 13.4. The van der Waals surface area contributed by atoms with Crippen LogP contribution in [0.1, 0.15) is 35.1 Å². The molecule has 2 N–H and O–H groups in total. The molecule has 1 aliphatic carbocycles. The molecule has 0 unspecified atom stereocenters. The summed E-state index contributed by atoms with van der Waals surface area (Å²) in [6, 6.07) is 7.31. The number of hydrogen-bond acceptors (Lipinski definition) is 6. The van der Waals surface area contributed by atoms with Crippen molar-refractivity contribution in [1.29, 1.82) is 0 Å². The molecule has 0 amide bonds. The van der Waals surface area contributed by atoms with Gasteiger partial charge in [0.05, 0.1) is 20.3 Å². The Morgan fingerprint density at radius 3 is 2.12 bits per heavy atom. The van der Waals surface area contributed by atoms with Gasteiger partial charge >= 0.3 is 0 Å². The number of ether oxygens (including phenoxy) is 4. The van der Waals surface area contributed by atoms with Crippen molar-refractivity contribution in [2.45, 2.75) is 18.4 Å². The number of hydrogen-bond donors (Lipinski definition) is 2. The Bertz CT molecular complexity index is 775. The second-order valence-corrected chi connectivity index (χ2v) is 5.91. The summed E-state index contributed by atoms with van der Waals surface area (Å²) in [7, 11) is 2.99. The van der Waals surface area contributed by atoms with E-state index in [1.165, 1.54) is 14.2 Å². The molecule has 1 heterocycles. The molecule has 0 radical (unpaired) electrons. The van der Waals surface area contributed by atoms with Crippen LogP contribution in [0, 0.1) is 0 Å². The summed E-state index contributed by atoms with van der Waals surface area (Å²) in [6.07, 6.45) is -0.0414. The Hall–Kier alpha value is -2.60. The predicted octanol–water partition coefficient (Wildman–Crippen LogP) is 2.71. The topological polar surface area (TPSA) is 77.4 Å². The van der Waals surface area contributed by atoms with E-state index in [4.69, 9.17) is 18.9 Å². The molecule has 0 bridgehead atoms. The van der Waals surface area contributed by atoms with Crippen molar-refractivity contribution < 1.29 is 29.2 Å². The van der Waals surface area contributed by atoms with Gasteiger partial charge in [-0.05, 0) is 47.4 Å². The second-order valence-electron chi connectivity index (χ2n) is 5.91. The van der Waals surface area contributed by atoms with Gasteiger partial charge in [-0.15, -0.1) is 0 Å². The highest BCUT2D eigenvalue weighted by Crippen LogP contribution is 2.51. The Balaban J connectivity index is 1.83. The van der Waals surface area contributed by atoms with Crippen molar-refractivity contribution in [3.63, 3.8) is 0 Å². The maximum atomic E-state index is 10.4. The number of benzene rings is 2. The summed E-state index contributed by atoms with van der Waals surface area (Å²) in [6.45, 7) is 0.194. The highest BCUT2D eigenvalue weighted by molar-refractivity contribution is 5.58. The van der Waals surface area contributed by atoms with Crippen LogP contribution in [0.4, 0.5) is 0 Å². The fraction of sp³-hybridized carbons (Fsp3) is 0.333. The number of phenols is 1. The maximum Gasteiger partial charge on any atom is 0.231 e. The van der Waals surface area contributed by atoms with Crippen molar-refractivity contribution in [2.24, 2.45) is 0 Å². The Morgan fingerprint density at radius 1 is 0.958 bits per heavy atom. The summed E-state index contributed by atoms with van der Waals surface area (Å²) in [4.78, 5) is 0. The average Bonchev–Trinajstić information content (AvgIpc) is 3.18. The predicted molar refractivity (Wildman–Crippen MR) is 85.2 cm³/mol. The lowest BCUT2D eigenvalue weighted by Gasteiger charge is -2.16. The van der Waals surface area contributed by atoms with Gasteiger partial charge in [-0.2, -0.15) is 0 Å². The third-order valence-corrected chi connectivity index (χ3v) is 4.68. The van der Waals surface area contributed by atoms with Crippen molar-refractivity contribution in [2.75, 3.05) is 21.0 Å². The van der Waals surface area contributed by atoms with Gasteiger partial charge in [0.25, 0.3) is 0 Å². The molecule has 0 spiro atoms. The van der Waals surface area contributed by atoms with Crippen LogP contribution < -0.4 is 18.9 Å². The van der Waals surface area contributed by atoms with Crippen LogP contribution >= 0.6 is 0 Å². The van der Waals surface area contributed by atoms with Gasteiger partial charge in [0.1, 0.15) is 0 Å². The molecule has 0 aromatic heterocycles. The van der Waals surface area contributed by atoms with Crippen molar-refractivity contribution in [3.8, 4) is 28.7 Å². The lowest BCUT2D eigenvalue weighted by molar-refractivity contribution is 0.169. The number of rotatable bonds is 3. The van der Waals surface area contributed by atoms with E-state index in [-0.39, 0.29) is 18.5 Å². The van der Waals surface area contributed by atoms with Gasteiger partial charge in [0, 0.05) is 5.92 Å². The zero-order chi connectivity index (χ0) is 16.8. The number of aliphatic hydroxyl groups excluding tert-OH is 1. The molecular formula is C18H18O6. The lowest BCUT2D eigenvalue weighted by atomic mass is 9.92. The molecule has 2 aromatic rings. The van der Waals surface area contributed by atoms with Crippen molar-refractivity contribution >= 4 is 0 Å². The molecule has 126 valence electrons. The molecule has 2 aromatic carbocycles. The van der Waals surface area contributed by atoms with Crippen molar-refractivity contribution in [3.05, 3.63) is 41.0 Å². The minimum atomic E-state index is -0.578. The van der Waals surface area contributed by atoms with E-state index in [0.29, 0.717) is 29.4 Å². The Labute approximate surface area is 139 Å². The summed E-state index contributed by atoms with van der Waals surface area (Å²) in [5.74, 6) is 1.95. The van der Waals surface area contributed by atoms with E-state index in [0.717, 1.165) is 16.7 Å². The summed E-state index contributed by atoms with van der Waals surface area (Å²) >= 11 is 0. The number of aliphatic hydroxyl groups is 1. The average molecular weight is 330 g/mol. The first-order valence-corrected chi connectivity index (χ1v) is 7.68. The molecular weight excluding hydrogens is 312 g/mol. The van der Waals surface area contributed by atoms with E-state index < -0.39 is 6.10 Å². The quantitative estimate of drug-likeness (QED) is 0.901. The van der Waals surface area contributed by atoms with E-state index in [9.17, 15) is 10.2 Å². The molecule has 0 saturated carbocycles. The molecule has 2 aliphatic rings. The second kappa shape index (κ2) is 5.49. The fourth-order valence-corrected chi connectivity index (χ4v) is 3.47. The molecule has 4 rings (SSSR count). The van der Waals surface area contributed by atoms with Crippen LogP contribution in [-0.4, -0.2) is 31.2 Å². The van der Waals surface area contributed by atoms with Crippen LogP contribution in [0.15, 0.2) is 24.3 Å². The highest BCUT2D eigenvalue weighted by Gasteiger charge is 2.34. The molecule has 2 atom stereocenters. The first-order valence-electron chi connectivity index (χ1n) is 7.68. The minimum absolute atomic E-state index is 0.0341. The molecule has 6 nitrogen and oxygen atoms in total. The third-order valence-electron chi connectivity index (χ3n) is 4.68. The standard InChI is InChI=1S/C18H18O6/c1-21-16-3-9(4-17(22-2)18(16)20)10-5-13(19)12-7-15-14(6-11(10)12)23-8-24-15/h3-4,6-7,10,13,19-20H,5,8H2,1-2H3/t10-,13-/m1/s1. The van der Waals surface area contributed by atoms with Gasteiger partial charge < -0.3 is 29.2 Å². The van der Waals surface area contributed by atoms with Crippen LogP contribution in [0.2, 0.25) is 0 Å². The van der Waals surface area contributed by atoms with Gasteiger partial charge in [0.15, 0.2) is 23.0 Å². The third kappa shape index (κ3) is 2.14. The molecule has 1 aliphatic heterocycles. The zero-order valence-electron chi connectivity index (χ0n) is 13.4. The SMILES string of the molecule is COc1cc([C@H]2C[C@@H](O)c3cc4c(cc32)OCO4)cc(OC)c1O. The maximum absolute atomic E-state index is 10.4. The minimum Gasteiger partial charge on any atom is -0.502 e. The summed E-state index contributed by atoms with van der Waals surface area (Å²) < 4.78 is 21.3. The largest absolute Gasteiger partial charge is 0.502 e. The van der Waals surface area contributed by atoms with Gasteiger partial charge in [-0.3, -0.25) is 0 Å². The fourth-order valence-electron chi connectivity index (χ4n) is 3.47. The number of fused-ring (bicyclic) bond motifs is 2. The normalized spacial score (nSPS) is 20.8. The Kier molecular flexibility index (Phi) is 3.42. The first-order chi connectivity index (χ1) is 11.6. The number of phenolic OH excluding ortho intramolecular Hbond substituents is 1. The van der Waals surface area contributed by atoms with Crippen LogP contribution in [0.5, 0.6) is 28.7 Å². The van der Waals surface area contributed by atoms with Crippen LogP contribution in [0.3, 0.4) is 0 Å². The summed E-state index contributed by atoms with van der Waals surface area (Å²) in [5.41, 5.74) is 2.73. The van der Waals surface area contributed by atoms with E-state index in [2.05, 4.69) is 0 Å². The smallest absolute Gasteiger partial charge is 0.231 e. The van der Waals surface area contributed by atoms with E-state index in [1.54, 1.807) is 12.1 Å². The molecule has 24 heavy (non-hydrogen) atoms. The first kappa shape index (κ1) is 15.0. The summed E-state index contributed by atoms with van der Waals surface area (Å²) in [5, 5.41) is 20.5. The monoisotopic (exact) mass is 330 g/mol. The van der Waals surface area contributed by atoms with Crippen molar-refractivity contribution in [1.82, 2.24) is 0 Å².